The van der Waals surface area contributed by atoms with E-state index in [1.165, 1.54) is 17.3 Å². The third kappa shape index (κ3) is 2.82. The summed E-state index contributed by atoms with van der Waals surface area (Å²) in [6, 6.07) is 7.93. The Morgan fingerprint density at radius 3 is 2.57 bits per heavy atom. The molecule has 3 N–H and O–H groups in total. The van der Waals surface area contributed by atoms with Gasteiger partial charge in [-0.05, 0) is 6.92 Å². The largest absolute Gasteiger partial charge is 0.389 e. The number of hydrogen-bond donors (Lipinski definition) is 3. The van der Waals surface area contributed by atoms with Gasteiger partial charge in [0, 0.05) is 11.3 Å². The maximum Gasteiger partial charge on any atom is 0.127 e. The molecule has 1 fully saturated rings. The molecular weight excluding hydrogens is 290 g/mol. The Kier molecular flexibility index (Phi) is 3.99. The van der Waals surface area contributed by atoms with Gasteiger partial charge in [0.25, 0.3) is 0 Å². The molecule has 1 aliphatic rings. The van der Waals surface area contributed by atoms with E-state index in [-0.39, 0.29) is 0 Å². The molecular formula is C14H17N3O3S. The van der Waals surface area contributed by atoms with E-state index < -0.39 is 23.7 Å². The monoisotopic (exact) mass is 307 g/mol. The molecule has 6 nitrogen and oxygen atoms in total. The number of aliphatic hydroxyl groups is 3. The minimum absolute atomic E-state index is 0.350. The quantitative estimate of drug-likeness (QED) is 0.752. The van der Waals surface area contributed by atoms with Crippen LogP contribution in [0.25, 0.3) is 11.3 Å². The topological polar surface area (TPSA) is 91.4 Å². The van der Waals surface area contributed by atoms with E-state index in [4.69, 9.17) is 0 Å². The molecule has 0 radical (unpaired) electrons. The predicted molar refractivity (Wildman–Crippen MR) is 79.7 cm³/mol. The Labute approximate surface area is 126 Å². The van der Waals surface area contributed by atoms with Crippen LogP contribution in [0.3, 0.4) is 0 Å². The van der Waals surface area contributed by atoms with Crippen LogP contribution >= 0.6 is 11.8 Å². The van der Waals surface area contributed by atoms with Crippen LogP contribution in [0.5, 0.6) is 0 Å². The number of thioether (sulfide) groups is 1. The average Bonchev–Trinajstić information content (AvgIpc) is 2.95. The van der Waals surface area contributed by atoms with E-state index in [9.17, 15) is 15.3 Å². The van der Waals surface area contributed by atoms with E-state index in [0.717, 1.165) is 5.56 Å². The van der Waals surface area contributed by atoms with Crippen LogP contribution in [0, 0.1) is 6.92 Å². The second kappa shape index (κ2) is 5.76. The Morgan fingerprint density at radius 1 is 1.14 bits per heavy atom. The van der Waals surface area contributed by atoms with Crippen LogP contribution in [0.15, 0.2) is 30.5 Å². The van der Waals surface area contributed by atoms with Gasteiger partial charge in [0.2, 0.25) is 0 Å². The third-order valence-corrected chi connectivity index (χ3v) is 4.96. The average molecular weight is 307 g/mol. The molecule has 2 heterocycles. The van der Waals surface area contributed by atoms with E-state index in [1.54, 1.807) is 10.9 Å². The van der Waals surface area contributed by atoms with E-state index in [1.807, 2.05) is 31.2 Å². The Bertz CT molecular complexity index is 616. The number of benzene rings is 1. The molecule has 0 spiro atoms. The SMILES string of the molecule is Cc1ccc(-c2cn([C@@H]3SC[C@@H](O)[C@H](O)[C@H]3O)nn2)cc1. The fraction of sp³-hybridized carbons (Fsp3) is 0.429. The van der Waals surface area contributed by atoms with E-state index in [0.29, 0.717) is 11.4 Å². The van der Waals surface area contributed by atoms with Crippen molar-refractivity contribution in [1.29, 1.82) is 0 Å². The highest BCUT2D eigenvalue weighted by Crippen LogP contribution is 2.35. The lowest BCUT2D eigenvalue weighted by atomic mass is 10.1. The van der Waals surface area contributed by atoms with Gasteiger partial charge < -0.3 is 15.3 Å². The summed E-state index contributed by atoms with van der Waals surface area (Å²) < 4.78 is 1.54. The highest BCUT2D eigenvalue weighted by molar-refractivity contribution is 7.99. The van der Waals surface area contributed by atoms with E-state index in [2.05, 4.69) is 10.3 Å². The predicted octanol–water partition coefficient (Wildman–Crippen LogP) is 0.582. The number of hydrogen-bond acceptors (Lipinski definition) is 6. The molecule has 0 unspecified atom stereocenters. The maximum atomic E-state index is 10.1. The second-order valence-corrected chi connectivity index (χ2v) is 6.37. The van der Waals surface area contributed by atoms with Crippen molar-refractivity contribution in [1.82, 2.24) is 15.0 Å². The zero-order chi connectivity index (χ0) is 15.0. The Morgan fingerprint density at radius 2 is 1.86 bits per heavy atom. The summed E-state index contributed by atoms with van der Waals surface area (Å²) in [6.45, 7) is 2.02. The molecule has 4 atom stereocenters. The molecule has 7 heteroatoms. The van der Waals surface area contributed by atoms with Crippen molar-refractivity contribution in [2.45, 2.75) is 30.6 Å². The van der Waals surface area contributed by atoms with Crippen LogP contribution in [-0.4, -0.2) is 54.4 Å². The molecule has 1 saturated heterocycles. The summed E-state index contributed by atoms with van der Waals surface area (Å²) in [5.74, 6) is 0.350. The normalized spacial score (nSPS) is 29.5. The second-order valence-electron chi connectivity index (χ2n) is 5.22. The van der Waals surface area contributed by atoms with Crippen LogP contribution < -0.4 is 0 Å². The molecule has 1 aliphatic heterocycles. The maximum absolute atomic E-state index is 10.1. The molecule has 3 rings (SSSR count). The first kappa shape index (κ1) is 14.5. The van der Waals surface area contributed by atoms with Gasteiger partial charge in [-0.15, -0.1) is 16.9 Å². The van der Waals surface area contributed by atoms with Crippen molar-refractivity contribution < 1.29 is 15.3 Å². The first-order chi connectivity index (χ1) is 10.1. The van der Waals surface area contributed by atoms with Gasteiger partial charge in [0.05, 0.1) is 12.3 Å². The first-order valence-corrected chi connectivity index (χ1v) is 7.76. The number of nitrogens with zero attached hydrogens (tertiary/aromatic N) is 3. The van der Waals surface area contributed by atoms with Crippen molar-refractivity contribution in [2.24, 2.45) is 0 Å². The number of aryl methyl sites for hydroxylation is 1. The molecule has 0 saturated carbocycles. The highest BCUT2D eigenvalue weighted by atomic mass is 32.2. The highest BCUT2D eigenvalue weighted by Gasteiger charge is 2.38. The molecule has 1 aromatic carbocycles. The molecule has 21 heavy (non-hydrogen) atoms. The molecule has 112 valence electrons. The molecule has 0 aliphatic carbocycles. The Hall–Kier alpha value is -1.41. The van der Waals surface area contributed by atoms with Crippen molar-refractivity contribution >= 4 is 11.8 Å². The molecule has 0 amide bonds. The summed E-state index contributed by atoms with van der Waals surface area (Å²) >= 11 is 1.35. The number of rotatable bonds is 2. The standard InChI is InChI=1S/C14H17N3O3S/c1-8-2-4-9(5-3-8)10-6-17(16-15-10)14-13(20)12(19)11(18)7-21-14/h2-6,11-14,18-20H,7H2,1H3/t11-,12+,13-,14-/m1/s1. The minimum Gasteiger partial charge on any atom is -0.389 e. The first-order valence-electron chi connectivity index (χ1n) is 6.71. The van der Waals surface area contributed by atoms with Gasteiger partial charge in [0.1, 0.15) is 23.3 Å². The fourth-order valence-corrected chi connectivity index (χ4v) is 3.49. The third-order valence-electron chi connectivity index (χ3n) is 3.59. The summed E-state index contributed by atoms with van der Waals surface area (Å²) in [5, 5.41) is 37.1. The van der Waals surface area contributed by atoms with Gasteiger partial charge >= 0.3 is 0 Å². The molecule has 2 aromatic rings. The number of aliphatic hydroxyl groups excluding tert-OH is 3. The summed E-state index contributed by atoms with van der Waals surface area (Å²) in [6.07, 6.45) is -1.41. The zero-order valence-corrected chi connectivity index (χ0v) is 12.3. The summed E-state index contributed by atoms with van der Waals surface area (Å²) in [5.41, 5.74) is 2.83. The van der Waals surface area contributed by atoms with Crippen LogP contribution in [0.2, 0.25) is 0 Å². The number of aromatic nitrogens is 3. The minimum atomic E-state index is -1.16. The smallest absolute Gasteiger partial charge is 0.127 e. The summed E-state index contributed by atoms with van der Waals surface area (Å²) in [4.78, 5) is 0. The van der Waals surface area contributed by atoms with Gasteiger partial charge in [-0.25, -0.2) is 4.68 Å². The van der Waals surface area contributed by atoms with Crippen molar-refractivity contribution in [3.05, 3.63) is 36.0 Å². The lowest BCUT2D eigenvalue weighted by molar-refractivity contribution is -0.0643. The molecule has 0 bridgehead atoms. The Balaban J connectivity index is 1.83. The van der Waals surface area contributed by atoms with Gasteiger partial charge in [-0.3, -0.25) is 0 Å². The van der Waals surface area contributed by atoms with Crippen molar-refractivity contribution in [3.63, 3.8) is 0 Å². The zero-order valence-electron chi connectivity index (χ0n) is 11.5. The van der Waals surface area contributed by atoms with Gasteiger partial charge in [0.15, 0.2) is 0 Å². The fourth-order valence-electron chi connectivity index (χ4n) is 2.28. The van der Waals surface area contributed by atoms with Gasteiger partial charge in [-0.1, -0.05) is 35.0 Å². The molecule has 1 aromatic heterocycles. The van der Waals surface area contributed by atoms with Gasteiger partial charge in [-0.2, -0.15) is 0 Å². The lowest BCUT2D eigenvalue weighted by Crippen LogP contribution is -2.47. The van der Waals surface area contributed by atoms with Crippen LogP contribution in [0.4, 0.5) is 0 Å². The van der Waals surface area contributed by atoms with Crippen LogP contribution in [-0.2, 0) is 0 Å². The van der Waals surface area contributed by atoms with Crippen molar-refractivity contribution in [3.8, 4) is 11.3 Å². The van der Waals surface area contributed by atoms with Crippen molar-refractivity contribution in [2.75, 3.05) is 5.75 Å². The van der Waals surface area contributed by atoms with Crippen LogP contribution in [0.1, 0.15) is 10.9 Å². The summed E-state index contributed by atoms with van der Waals surface area (Å²) in [7, 11) is 0. The lowest BCUT2D eigenvalue weighted by Gasteiger charge is -2.34. The van der Waals surface area contributed by atoms with E-state index >= 15 is 0 Å².